The largest absolute Gasteiger partial charge is 0.367 e. The molecule has 1 saturated heterocycles. The van der Waals surface area contributed by atoms with E-state index in [0.717, 1.165) is 10.7 Å². The molecule has 1 atom stereocenters. The van der Waals surface area contributed by atoms with Crippen molar-refractivity contribution in [3.8, 4) is 0 Å². The lowest BCUT2D eigenvalue weighted by atomic mass is 10.1. The first-order valence-corrected chi connectivity index (χ1v) is 8.02. The van der Waals surface area contributed by atoms with Crippen LogP contribution in [0.1, 0.15) is 34.1 Å². The summed E-state index contributed by atoms with van der Waals surface area (Å²) in [7, 11) is 0. The van der Waals surface area contributed by atoms with Crippen molar-refractivity contribution < 1.29 is 13.9 Å². The fourth-order valence-electron chi connectivity index (χ4n) is 2.66. The second kappa shape index (κ2) is 6.14. The van der Waals surface area contributed by atoms with Gasteiger partial charge in [-0.3, -0.25) is 4.79 Å². The molecule has 1 aromatic heterocycles. The Morgan fingerprint density at radius 2 is 2.32 bits per heavy atom. The van der Waals surface area contributed by atoms with Gasteiger partial charge in [0.25, 0.3) is 0 Å². The van der Waals surface area contributed by atoms with Crippen molar-refractivity contribution >= 4 is 22.8 Å². The number of Topliss-reactive ketones (excluding diaryl/α,β-unsaturated/α-hetero) is 1. The summed E-state index contributed by atoms with van der Waals surface area (Å²) in [6.45, 7) is 5.06. The summed E-state index contributed by atoms with van der Waals surface area (Å²) < 4.78 is 19.8. The first kappa shape index (κ1) is 15.1. The standard InChI is InChI=1S/C16H17FN2O2S/c1-10-9-22-16(18-10)14-8-19(6-7-21-14)13-5-3-4-12(17)15(13)11(2)20/h3-5,9,14H,6-8H2,1-2H3/t14-/m0/s1. The van der Waals surface area contributed by atoms with E-state index in [1.807, 2.05) is 17.2 Å². The normalized spacial score (nSPS) is 18.5. The molecule has 0 radical (unpaired) electrons. The number of nitrogens with zero attached hydrogens (tertiary/aromatic N) is 2. The Morgan fingerprint density at radius 1 is 1.50 bits per heavy atom. The van der Waals surface area contributed by atoms with Gasteiger partial charge in [0.15, 0.2) is 5.78 Å². The number of halogens is 1. The number of hydrogen-bond donors (Lipinski definition) is 0. The summed E-state index contributed by atoms with van der Waals surface area (Å²) in [5.74, 6) is -0.737. The van der Waals surface area contributed by atoms with Crippen LogP contribution in [0.3, 0.4) is 0 Å². The number of aromatic nitrogens is 1. The van der Waals surface area contributed by atoms with Gasteiger partial charge in [0.1, 0.15) is 16.9 Å². The Balaban J connectivity index is 1.89. The van der Waals surface area contributed by atoms with Gasteiger partial charge >= 0.3 is 0 Å². The Kier molecular flexibility index (Phi) is 4.22. The molecule has 0 bridgehead atoms. The highest BCUT2D eigenvalue weighted by Crippen LogP contribution is 2.31. The smallest absolute Gasteiger partial charge is 0.164 e. The number of aryl methyl sites for hydroxylation is 1. The van der Waals surface area contributed by atoms with Gasteiger partial charge in [0, 0.05) is 17.6 Å². The van der Waals surface area contributed by atoms with Crippen LogP contribution in [0.2, 0.25) is 0 Å². The van der Waals surface area contributed by atoms with Gasteiger partial charge < -0.3 is 9.64 Å². The number of carbonyl (C=O) groups is 1. The number of carbonyl (C=O) groups excluding carboxylic acids is 1. The Hall–Kier alpha value is -1.79. The number of ether oxygens (including phenoxy) is 1. The first-order valence-electron chi connectivity index (χ1n) is 7.14. The molecule has 0 unspecified atom stereocenters. The molecular weight excluding hydrogens is 303 g/mol. The van der Waals surface area contributed by atoms with E-state index in [4.69, 9.17) is 4.74 Å². The maximum Gasteiger partial charge on any atom is 0.164 e. The van der Waals surface area contributed by atoms with Gasteiger partial charge in [-0.15, -0.1) is 11.3 Å². The lowest BCUT2D eigenvalue weighted by molar-refractivity contribution is 0.0395. The second-order valence-electron chi connectivity index (χ2n) is 5.32. The Labute approximate surface area is 132 Å². The molecule has 1 fully saturated rings. The number of ketones is 1. The van der Waals surface area contributed by atoms with Crippen molar-refractivity contribution in [2.75, 3.05) is 24.6 Å². The minimum atomic E-state index is -0.474. The molecule has 0 amide bonds. The Bertz CT molecular complexity index is 701. The van der Waals surface area contributed by atoms with Crippen LogP contribution >= 0.6 is 11.3 Å². The van der Waals surface area contributed by atoms with Crippen LogP contribution in [0.4, 0.5) is 10.1 Å². The number of benzene rings is 1. The summed E-state index contributed by atoms with van der Waals surface area (Å²) >= 11 is 1.56. The first-order chi connectivity index (χ1) is 10.6. The molecule has 1 aliphatic rings. The van der Waals surface area contributed by atoms with Crippen molar-refractivity contribution in [2.24, 2.45) is 0 Å². The quantitative estimate of drug-likeness (QED) is 0.813. The van der Waals surface area contributed by atoms with Crippen LogP contribution in [0.5, 0.6) is 0 Å². The summed E-state index contributed by atoms with van der Waals surface area (Å²) in [6.07, 6.45) is -0.143. The van der Waals surface area contributed by atoms with Crippen LogP contribution in [0.15, 0.2) is 23.6 Å². The molecule has 2 aromatic rings. The highest BCUT2D eigenvalue weighted by Gasteiger charge is 2.27. The average Bonchev–Trinajstić information content (AvgIpc) is 2.93. The lowest BCUT2D eigenvalue weighted by Crippen LogP contribution is -2.39. The van der Waals surface area contributed by atoms with Crippen molar-refractivity contribution in [2.45, 2.75) is 20.0 Å². The highest BCUT2D eigenvalue weighted by atomic mass is 32.1. The van der Waals surface area contributed by atoms with Gasteiger partial charge in [-0.2, -0.15) is 0 Å². The summed E-state index contributed by atoms with van der Waals surface area (Å²) in [4.78, 5) is 18.2. The van der Waals surface area contributed by atoms with E-state index >= 15 is 0 Å². The summed E-state index contributed by atoms with van der Waals surface area (Å²) in [6, 6.07) is 4.74. The van der Waals surface area contributed by atoms with Crippen molar-refractivity contribution in [3.63, 3.8) is 0 Å². The summed E-state index contributed by atoms with van der Waals surface area (Å²) in [5, 5.41) is 2.91. The van der Waals surface area contributed by atoms with Crippen LogP contribution in [-0.4, -0.2) is 30.5 Å². The third-order valence-electron chi connectivity index (χ3n) is 3.66. The predicted molar refractivity (Wildman–Crippen MR) is 84.2 cm³/mol. The highest BCUT2D eigenvalue weighted by molar-refractivity contribution is 7.09. The molecule has 2 heterocycles. The Morgan fingerprint density at radius 3 is 3.00 bits per heavy atom. The summed E-state index contributed by atoms with van der Waals surface area (Å²) in [5.41, 5.74) is 1.75. The molecule has 0 saturated carbocycles. The number of morpholine rings is 1. The lowest BCUT2D eigenvalue weighted by Gasteiger charge is -2.34. The van der Waals surface area contributed by atoms with Gasteiger partial charge in [0.05, 0.1) is 24.4 Å². The van der Waals surface area contributed by atoms with Gasteiger partial charge in [0.2, 0.25) is 0 Å². The third-order valence-corrected chi connectivity index (χ3v) is 4.72. The van der Waals surface area contributed by atoms with E-state index in [1.165, 1.54) is 13.0 Å². The average molecular weight is 320 g/mol. The SMILES string of the molecule is CC(=O)c1c(F)cccc1N1CCO[C@H](c2nc(C)cs2)C1. The molecular formula is C16H17FN2O2S. The molecule has 6 heteroatoms. The van der Waals surface area contributed by atoms with Crippen LogP contribution < -0.4 is 4.90 Å². The zero-order valence-corrected chi connectivity index (χ0v) is 13.3. The molecule has 4 nitrogen and oxygen atoms in total. The number of anilines is 1. The van der Waals surface area contributed by atoms with Gasteiger partial charge in [-0.25, -0.2) is 9.37 Å². The maximum atomic E-state index is 14.0. The molecule has 1 aliphatic heterocycles. The fourth-order valence-corrected chi connectivity index (χ4v) is 3.50. The van der Waals surface area contributed by atoms with Gasteiger partial charge in [-0.1, -0.05) is 6.07 Å². The number of thiazole rings is 1. The molecule has 0 N–H and O–H groups in total. The minimum Gasteiger partial charge on any atom is -0.367 e. The van der Waals surface area contributed by atoms with Crippen LogP contribution in [0, 0.1) is 12.7 Å². The molecule has 116 valence electrons. The molecule has 0 spiro atoms. The zero-order valence-electron chi connectivity index (χ0n) is 12.5. The van der Waals surface area contributed by atoms with Crippen LogP contribution in [0.25, 0.3) is 0 Å². The second-order valence-corrected chi connectivity index (χ2v) is 6.21. The number of rotatable bonds is 3. The molecule has 3 rings (SSSR count). The van der Waals surface area contributed by atoms with E-state index < -0.39 is 5.82 Å². The van der Waals surface area contributed by atoms with Crippen molar-refractivity contribution in [1.82, 2.24) is 4.98 Å². The predicted octanol–water partition coefficient (Wildman–Crippen LogP) is 3.37. The van der Waals surface area contributed by atoms with E-state index in [0.29, 0.717) is 25.4 Å². The van der Waals surface area contributed by atoms with Crippen molar-refractivity contribution in [3.05, 3.63) is 45.7 Å². The minimum absolute atomic E-state index is 0.143. The molecule has 22 heavy (non-hydrogen) atoms. The van der Waals surface area contributed by atoms with E-state index in [1.54, 1.807) is 23.5 Å². The molecule has 0 aliphatic carbocycles. The van der Waals surface area contributed by atoms with E-state index in [9.17, 15) is 9.18 Å². The zero-order chi connectivity index (χ0) is 15.7. The van der Waals surface area contributed by atoms with E-state index in [-0.39, 0.29) is 17.5 Å². The molecule has 1 aromatic carbocycles. The third kappa shape index (κ3) is 2.89. The van der Waals surface area contributed by atoms with Crippen LogP contribution in [-0.2, 0) is 4.74 Å². The number of hydrogen-bond acceptors (Lipinski definition) is 5. The fraction of sp³-hybridized carbons (Fsp3) is 0.375. The maximum absolute atomic E-state index is 14.0. The monoisotopic (exact) mass is 320 g/mol. The van der Waals surface area contributed by atoms with E-state index in [2.05, 4.69) is 4.98 Å². The topological polar surface area (TPSA) is 42.4 Å². The van der Waals surface area contributed by atoms with Gasteiger partial charge in [-0.05, 0) is 26.0 Å². The van der Waals surface area contributed by atoms with Crippen molar-refractivity contribution in [1.29, 1.82) is 0 Å².